The van der Waals surface area contributed by atoms with Gasteiger partial charge >= 0.3 is 0 Å². The second-order valence-corrected chi connectivity index (χ2v) is 4.82. The minimum Gasteiger partial charge on any atom is -0.378 e. The highest BCUT2D eigenvalue weighted by Gasteiger charge is 2.20. The molecule has 5 heteroatoms. The number of rotatable bonds is 4. The molecule has 20 heavy (non-hydrogen) atoms. The van der Waals surface area contributed by atoms with Crippen LogP contribution in [-0.2, 0) is 4.79 Å². The molecule has 2 atom stereocenters. The van der Waals surface area contributed by atoms with Gasteiger partial charge in [-0.15, -0.1) is 0 Å². The molecule has 2 N–H and O–H groups in total. The molecule has 1 aromatic heterocycles. The SMILES string of the molecule is C[C@@H](NC(=O)[C@H](O)c1ccccc1)c1ncccc1Cl. The Balaban J connectivity index is 2.07. The first-order valence-corrected chi connectivity index (χ1v) is 6.61. The molecule has 0 aliphatic heterocycles. The van der Waals surface area contributed by atoms with Crippen molar-refractivity contribution in [1.82, 2.24) is 10.3 Å². The number of aliphatic hydroxyl groups is 1. The number of aromatic nitrogens is 1. The predicted molar refractivity (Wildman–Crippen MR) is 77.2 cm³/mol. The molecular formula is C15H15ClN2O2. The molecule has 2 rings (SSSR count). The third kappa shape index (κ3) is 3.35. The van der Waals surface area contributed by atoms with Crippen LogP contribution in [0.4, 0.5) is 0 Å². The first-order valence-electron chi connectivity index (χ1n) is 6.23. The van der Waals surface area contributed by atoms with Crippen LogP contribution in [0.25, 0.3) is 0 Å². The molecule has 0 radical (unpaired) electrons. The van der Waals surface area contributed by atoms with Crippen molar-refractivity contribution >= 4 is 17.5 Å². The number of carbonyl (C=O) groups is 1. The molecule has 0 aliphatic carbocycles. The Morgan fingerprint density at radius 1 is 1.25 bits per heavy atom. The van der Waals surface area contributed by atoms with Crippen molar-refractivity contribution in [3.63, 3.8) is 0 Å². The number of amides is 1. The van der Waals surface area contributed by atoms with E-state index in [0.29, 0.717) is 16.3 Å². The van der Waals surface area contributed by atoms with Crippen LogP contribution in [0.3, 0.4) is 0 Å². The van der Waals surface area contributed by atoms with E-state index in [1.165, 1.54) is 0 Å². The largest absolute Gasteiger partial charge is 0.378 e. The van der Waals surface area contributed by atoms with Gasteiger partial charge in [0.2, 0.25) is 0 Å². The summed E-state index contributed by atoms with van der Waals surface area (Å²) in [5.41, 5.74) is 1.12. The topological polar surface area (TPSA) is 62.2 Å². The molecule has 0 unspecified atom stereocenters. The molecule has 1 heterocycles. The second kappa shape index (κ2) is 6.50. The lowest BCUT2D eigenvalue weighted by atomic mass is 10.1. The highest BCUT2D eigenvalue weighted by atomic mass is 35.5. The number of nitrogens with zero attached hydrogens (tertiary/aromatic N) is 1. The number of halogens is 1. The Hall–Kier alpha value is -1.91. The molecule has 0 saturated heterocycles. The Labute approximate surface area is 122 Å². The van der Waals surface area contributed by atoms with E-state index in [1.807, 2.05) is 6.07 Å². The maximum absolute atomic E-state index is 12.0. The van der Waals surface area contributed by atoms with Crippen LogP contribution < -0.4 is 5.32 Å². The first kappa shape index (κ1) is 14.5. The van der Waals surface area contributed by atoms with Gasteiger partial charge < -0.3 is 10.4 Å². The fraction of sp³-hybridized carbons (Fsp3) is 0.200. The minimum atomic E-state index is -1.21. The van der Waals surface area contributed by atoms with E-state index in [9.17, 15) is 9.90 Å². The van der Waals surface area contributed by atoms with E-state index in [-0.39, 0.29) is 6.04 Å². The molecule has 0 fully saturated rings. The minimum absolute atomic E-state index is 0.380. The van der Waals surface area contributed by atoms with E-state index in [1.54, 1.807) is 49.5 Å². The van der Waals surface area contributed by atoms with Gasteiger partial charge in [0.05, 0.1) is 16.8 Å². The van der Waals surface area contributed by atoms with Crippen LogP contribution in [0, 0.1) is 0 Å². The number of hydrogen-bond donors (Lipinski definition) is 2. The van der Waals surface area contributed by atoms with E-state index >= 15 is 0 Å². The summed E-state index contributed by atoms with van der Waals surface area (Å²) in [5.74, 6) is -0.481. The van der Waals surface area contributed by atoms with Crippen LogP contribution in [0.15, 0.2) is 48.7 Å². The Kier molecular flexibility index (Phi) is 4.71. The lowest BCUT2D eigenvalue weighted by Gasteiger charge is -2.17. The van der Waals surface area contributed by atoms with Gasteiger partial charge in [0.1, 0.15) is 0 Å². The van der Waals surface area contributed by atoms with E-state index in [2.05, 4.69) is 10.3 Å². The number of pyridine rings is 1. The Morgan fingerprint density at radius 2 is 1.95 bits per heavy atom. The van der Waals surface area contributed by atoms with Crippen molar-refractivity contribution in [1.29, 1.82) is 0 Å². The fourth-order valence-corrected chi connectivity index (χ4v) is 2.15. The highest BCUT2D eigenvalue weighted by molar-refractivity contribution is 6.31. The average Bonchev–Trinajstić information content (AvgIpc) is 2.47. The summed E-state index contributed by atoms with van der Waals surface area (Å²) in [7, 11) is 0. The normalized spacial score (nSPS) is 13.6. The summed E-state index contributed by atoms with van der Waals surface area (Å²) in [6, 6.07) is 11.8. The van der Waals surface area contributed by atoms with Crippen molar-refractivity contribution in [2.45, 2.75) is 19.1 Å². The van der Waals surface area contributed by atoms with Gasteiger partial charge in [0.25, 0.3) is 5.91 Å². The first-order chi connectivity index (χ1) is 9.59. The summed E-state index contributed by atoms with van der Waals surface area (Å²) < 4.78 is 0. The van der Waals surface area contributed by atoms with Gasteiger partial charge in [0.15, 0.2) is 6.10 Å². The predicted octanol–water partition coefficient (Wildman–Crippen LogP) is 2.65. The summed E-state index contributed by atoms with van der Waals surface area (Å²) >= 11 is 6.02. The maximum Gasteiger partial charge on any atom is 0.253 e. The number of carbonyl (C=O) groups excluding carboxylic acids is 1. The Morgan fingerprint density at radius 3 is 2.60 bits per heavy atom. The molecule has 0 spiro atoms. The number of nitrogens with one attached hydrogen (secondary N) is 1. The maximum atomic E-state index is 12.0. The van der Waals surface area contributed by atoms with Gasteiger partial charge in [-0.05, 0) is 24.6 Å². The van der Waals surface area contributed by atoms with Crippen molar-refractivity contribution < 1.29 is 9.90 Å². The summed E-state index contributed by atoms with van der Waals surface area (Å²) in [5, 5.41) is 13.2. The van der Waals surface area contributed by atoms with Crippen LogP contribution in [-0.4, -0.2) is 16.0 Å². The molecule has 104 valence electrons. The van der Waals surface area contributed by atoms with Crippen molar-refractivity contribution in [2.24, 2.45) is 0 Å². The smallest absolute Gasteiger partial charge is 0.253 e. The average molecular weight is 291 g/mol. The van der Waals surface area contributed by atoms with Crippen LogP contribution in [0.5, 0.6) is 0 Å². The van der Waals surface area contributed by atoms with Gasteiger partial charge in [0, 0.05) is 6.20 Å². The zero-order chi connectivity index (χ0) is 14.5. The zero-order valence-electron chi connectivity index (χ0n) is 11.0. The molecule has 0 saturated carbocycles. The lowest BCUT2D eigenvalue weighted by Crippen LogP contribution is -2.32. The molecular weight excluding hydrogens is 276 g/mol. The highest BCUT2D eigenvalue weighted by Crippen LogP contribution is 2.21. The van der Waals surface area contributed by atoms with Gasteiger partial charge in [-0.25, -0.2) is 0 Å². The van der Waals surface area contributed by atoms with E-state index in [4.69, 9.17) is 11.6 Å². The standard InChI is InChI=1S/C15H15ClN2O2/c1-10(13-12(16)8-5-9-17-13)18-15(20)14(19)11-6-3-2-4-7-11/h2-10,14,19H,1H3,(H,18,20)/t10-,14-/m1/s1. The van der Waals surface area contributed by atoms with Gasteiger partial charge in [-0.1, -0.05) is 41.9 Å². The number of hydrogen-bond acceptors (Lipinski definition) is 3. The van der Waals surface area contributed by atoms with Crippen molar-refractivity contribution in [3.05, 3.63) is 64.9 Å². The second-order valence-electron chi connectivity index (χ2n) is 4.41. The van der Waals surface area contributed by atoms with Gasteiger partial charge in [-0.3, -0.25) is 9.78 Å². The summed E-state index contributed by atoms with van der Waals surface area (Å²) in [4.78, 5) is 16.1. The quantitative estimate of drug-likeness (QED) is 0.910. The lowest BCUT2D eigenvalue weighted by molar-refractivity contribution is -0.130. The van der Waals surface area contributed by atoms with Crippen LogP contribution in [0.1, 0.15) is 30.3 Å². The van der Waals surface area contributed by atoms with Crippen LogP contribution >= 0.6 is 11.6 Å². The third-order valence-corrected chi connectivity index (χ3v) is 3.24. The molecule has 0 bridgehead atoms. The molecule has 1 aromatic carbocycles. The zero-order valence-corrected chi connectivity index (χ0v) is 11.7. The molecule has 2 aromatic rings. The molecule has 0 aliphatic rings. The monoisotopic (exact) mass is 290 g/mol. The van der Waals surface area contributed by atoms with E-state index < -0.39 is 12.0 Å². The summed E-state index contributed by atoms with van der Waals surface area (Å²) in [6.45, 7) is 1.77. The van der Waals surface area contributed by atoms with Crippen molar-refractivity contribution in [3.8, 4) is 0 Å². The molecule has 4 nitrogen and oxygen atoms in total. The number of benzene rings is 1. The van der Waals surface area contributed by atoms with Crippen molar-refractivity contribution in [2.75, 3.05) is 0 Å². The summed E-state index contributed by atoms with van der Waals surface area (Å²) in [6.07, 6.45) is 0.401. The van der Waals surface area contributed by atoms with E-state index in [0.717, 1.165) is 0 Å². The number of aliphatic hydroxyl groups excluding tert-OH is 1. The van der Waals surface area contributed by atoms with Gasteiger partial charge in [-0.2, -0.15) is 0 Å². The third-order valence-electron chi connectivity index (χ3n) is 2.92. The fourth-order valence-electron chi connectivity index (χ4n) is 1.86. The van der Waals surface area contributed by atoms with Crippen LogP contribution in [0.2, 0.25) is 5.02 Å². The Bertz CT molecular complexity index is 589. The molecule has 1 amide bonds.